The third-order valence-electron chi connectivity index (χ3n) is 3.10. The average molecular weight is 276 g/mol. The van der Waals surface area contributed by atoms with E-state index in [1.165, 1.54) is 45.4 Å². The van der Waals surface area contributed by atoms with Gasteiger partial charge in [0.15, 0.2) is 0 Å². The molecule has 0 atom stereocenters. The first-order valence-corrected chi connectivity index (χ1v) is 5.89. The van der Waals surface area contributed by atoms with Gasteiger partial charge in [0.1, 0.15) is 5.82 Å². The van der Waals surface area contributed by atoms with Gasteiger partial charge in [0, 0.05) is 11.1 Å². The largest absolute Gasteiger partial charge is 0.489 e. The van der Waals surface area contributed by atoms with Crippen LogP contribution in [-0.4, -0.2) is 25.8 Å². The number of carbonyl (C=O) groups excluding carboxylic acids is 2. The summed E-state index contributed by atoms with van der Waals surface area (Å²) in [5.74, 6) is -1.53. The highest BCUT2D eigenvalue weighted by Gasteiger charge is 2.35. The minimum atomic E-state index is -0.451. The SMILES string of the molecule is COC1=C(OC)C(=O)C(c2ccc(F)cc2)=C(C)C1=O. The van der Waals surface area contributed by atoms with E-state index >= 15 is 0 Å². The Labute approximate surface area is 115 Å². The van der Waals surface area contributed by atoms with E-state index in [1.807, 2.05) is 0 Å². The van der Waals surface area contributed by atoms with Crippen molar-refractivity contribution in [2.75, 3.05) is 14.2 Å². The number of rotatable bonds is 3. The van der Waals surface area contributed by atoms with Gasteiger partial charge in [0.2, 0.25) is 23.1 Å². The summed E-state index contributed by atoms with van der Waals surface area (Å²) >= 11 is 0. The molecule has 1 aromatic carbocycles. The van der Waals surface area contributed by atoms with Crippen LogP contribution >= 0.6 is 0 Å². The summed E-state index contributed by atoms with van der Waals surface area (Å²) < 4.78 is 22.9. The van der Waals surface area contributed by atoms with Crippen molar-refractivity contribution in [3.05, 3.63) is 52.7 Å². The number of benzene rings is 1. The molecule has 0 saturated heterocycles. The number of carbonyl (C=O) groups is 2. The maximum absolute atomic E-state index is 13.0. The summed E-state index contributed by atoms with van der Waals surface area (Å²) in [5.41, 5.74) is 0.916. The number of halogens is 1. The fourth-order valence-electron chi connectivity index (χ4n) is 2.11. The number of ether oxygens (including phenoxy) is 2. The highest BCUT2D eigenvalue weighted by atomic mass is 19.1. The molecule has 0 N–H and O–H groups in total. The predicted octanol–water partition coefficient (Wildman–Crippen LogP) is 2.26. The van der Waals surface area contributed by atoms with Crippen LogP contribution in [-0.2, 0) is 19.1 Å². The van der Waals surface area contributed by atoms with Gasteiger partial charge >= 0.3 is 0 Å². The molecule has 1 aromatic rings. The van der Waals surface area contributed by atoms with Crippen molar-refractivity contribution in [2.24, 2.45) is 0 Å². The van der Waals surface area contributed by atoms with Gasteiger partial charge in [-0.15, -0.1) is 0 Å². The minimum absolute atomic E-state index is 0.110. The van der Waals surface area contributed by atoms with Crippen molar-refractivity contribution in [2.45, 2.75) is 6.92 Å². The lowest BCUT2D eigenvalue weighted by molar-refractivity contribution is -0.119. The van der Waals surface area contributed by atoms with Crippen molar-refractivity contribution in [1.29, 1.82) is 0 Å². The molecule has 0 saturated carbocycles. The molecule has 1 aliphatic carbocycles. The zero-order valence-corrected chi connectivity index (χ0v) is 11.3. The molecule has 20 heavy (non-hydrogen) atoms. The Kier molecular flexibility index (Phi) is 3.70. The Morgan fingerprint density at radius 3 is 1.90 bits per heavy atom. The molecule has 4 nitrogen and oxygen atoms in total. The topological polar surface area (TPSA) is 52.6 Å². The molecule has 104 valence electrons. The van der Waals surface area contributed by atoms with Gasteiger partial charge < -0.3 is 9.47 Å². The molecule has 0 radical (unpaired) electrons. The molecule has 0 aliphatic heterocycles. The summed E-state index contributed by atoms with van der Waals surface area (Å²) in [6.45, 7) is 1.53. The number of methoxy groups -OCH3 is 2. The van der Waals surface area contributed by atoms with E-state index in [0.717, 1.165) is 0 Å². The molecule has 1 aliphatic rings. The second-order valence-electron chi connectivity index (χ2n) is 4.23. The lowest BCUT2D eigenvalue weighted by Gasteiger charge is -2.20. The second kappa shape index (κ2) is 5.28. The van der Waals surface area contributed by atoms with Crippen LogP contribution in [0.25, 0.3) is 5.57 Å². The number of hydrogen-bond acceptors (Lipinski definition) is 4. The van der Waals surface area contributed by atoms with Crippen LogP contribution in [0.15, 0.2) is 41.4 Å². The number of hydrogen-bond donors (Lipinski definition) is 0. The van der Waals surface area contributed by atoms with E-state index < -0.39 is 17.4 Å². The van der Waals surface area contributed by atoms with E-state index in [4.69, 9.17) is 9.47 Å². The van der Waals surface area contributed by atoms with E-state index in [2.05, 4.69) is 0 Å². The van der Waals surface area contributed by atoms with Crippen LogP contribution in [0.3, 0.4) is 0 Å². The molecular weight excluding hydrogens is 263 g/mol. The first kappa shape index (κ1) is 14.0. The Balaban J connectivity index is 2.59. The van der Waals surface area contributed by atoms with Crippen molar-refractivity contribution < 1.29 is 23.5 Å². The summed E-state index contributed by atoms with van der Waals surface area (Å²) in [5, 5.41) is 0. The van der Waals surface area contributed by atoms with Crippen molar-refractivity contribution in [1.82, 2.24) is 0 Å². The molecular formula is C15H13FO4. The Bertz CT molecular complexity index is 638. The van der Waals surface area contributed by atoms with Crippen molar-refractivity contribution in [3.63, 3.8) is 0 Å². The maximum atomic E-state index is 13.0. The number of Topliss-reactive ketones (excluding diaryl/α,β-unsaturated/α-hetero) is 2. The van der Waals surface area contributed by atoms with Gasteiger partial charge in [-0.2, -0.15) is 0 Å². The van der Waals surface area contributed by atoms with E-state index in [-0.39, 0.29) is 22.7 Å². The molecule has 0 bridgehead atoms. The third kappa shape index (κ3) is 2.11. The predicted molar refractivity (Wildman–Crippen MR) is 70.1 cm³/mol. The highest BCUT2D eigenvalue weighted by molar-refractivity contribution is 6.38. The molecule has 0 aromatic heterocycles. The fourth-order valence-corrected chi connectivity index (χ4v) is 2.11. The van der Waals surface area contributed by atoms with Gasteiger partial charge in [-0.3, -0.25) is 9.59 Å². The molecule has 0 fully saturated rings. The Hall–Kier alpha value is -2.43. The van der Waals surface area contributed by atoms with Crippen LogP contribution in [0.4, 0.5) is 4.39 Å². The molecule has 0 amide bonds. The van der Waals surface area contributed by atoms with Crippen LogP contribution in [0.2, 0.25) is 0 Å². The summed E-state index contributed by atoms with van der Waals surface area (Å²) in [6, 6.07) is 5.36. The number of allylic oxidation sites excluding steroid dienone is 2. The molecule has 5 heteroatoms. The van der Waals surface area contributed by atoms with E-state index in [9.17, 15) is 14.0 Å². The minimum Gasteiger partial charge on any atom is -0.489 e. The van der Waals surface area contributed by atoms with Crippen LogP contribution < -0.4 is 0 Å². The quantitative estimate of drug-likeness (QED) is 0.795. The Morgan fingerprint density at radius 2 is 1.40 bits per heavy atom. The number of ketones is 2. The first-order valence-electron chi connectivity index (χ1n) is 5.89. The normalized spacial score (nSPS) is 15.8. The monoisotopic (exact) mass is 276 g/mol. The molecule has 2 rings (SSSR count). The Morgan fingerprint density at radius 1 is 0.900 bits per heavy atom. The van der Waals surface area contributed by atoms with Gasteiger partial charge in [-0.25, -0.2) is 4.39 Å². The third-order valence-corrected chi connectivity index (χ3v) is 3.10. The van der Waals surface area contributed by atoms with Gasteiger partial charge in [0.25, 0.3) is 0 Å². The van der Waals surface area contributed by atoms with Gasteiger partial charge in [-0.1, -0.05) is 12.1 Å². The fraction of sp³-hybridized carbons (Fsp3) is 0.200. The summed E-state index contributed by atoms with van der Waals surface area (Å²) in [7, 11) is 2.60. The smallest absolute Gasteiger partial charge is 0.232 e. The van der Waals surface area contributed by atoms with Crippen molar-refractivity contribution >= 4 is 17.1 Å². The van der Waals surface area contributed by atoms with E-state index in [1.54, 1.807) is 0 Å². The van der Waals surface area contributed by atoms with Crippen molar-refractivity contribution in [3.8, 4) is 0 Å². The molecule has 0 unspecified atom stereocenters. The zero-order valence-electron chi connectivity index (χ0n) is 11.3. The van der Waals surface area contributed by atoms with Crippen LogP contribution in [0, 0.1) is 5.82 Å². The maximum Gasteiger partial charge on any atom is 0.232 e. The zero-order chi connectivity index (χ0) is 14.9. The average Bonchev–Trinajstić information content (AvgIpc) is 2.44. The first-order chi connectivity index (χ1) is 9.51. The summed E-state index contributed by atoms with van der Waals surface area (Å²) in [6.07, 6.45) is 0. The highest BCUT2D eigenvalue weighted by Crippen LogP contribution is 2.31. The van der Waals surface area contributed by atoms with E-state index in [0.29, 0.717) is 5.56 Å². The second-order valence-corrected chi connectivity index (χ2v) is 4.23. The summed E-state index contributed by atoms with van der Waals surface area (Å²) in [4.78, 5) is 24.6. The van der Waals surface area contributed by atoms with Crippen LogP contribution in [0.5, 0.6) is 0 Å². The lowest BCUT2D eigenvalue weighted by atomic mass is 9.88. The van der Waals surface area contributed by atoms with Gasteiger partial charge in [0.05, 0.1) is 14.2 Å². The molecule has 0 heterocycles. The van der Waals surface area contributed by atoms with Crippen LogP contribution in [0.1, 0.15) is 12.5 Å². The lowest BCUT2D eigenvalue weighted by Crippen LogP contribution is -2.24. The standard InChI is InChI=1S/C15H13FO4/c1-8-11(9-4-6-10(16)7-5-9)13(18)15(20-3)14(19-2)12(8)17/h4-7H,1-3H3. The molecule has 0 spiro atoms. The van der Waals surface area contributed by atoms with Gasteiger partial charge in [-0.05, 0) is 24.6 Å².